The van der Waals surface area contributed by atoms with Gasteiger partial charge in [-0.05, 0) is 31.4 Å². The summed E-state index contributed by atoms with van der Waals surface area (Å²) in [5, 5.41) is 14.3. The van der Waals surface area contributed by atoms with Gasteiger partial charge < -0.3 is 20.5 Å². The predicted molar refractivity (Wildman–Crippen MR) is 78.8 cm³/mol. The highest BCUT2D eigenvalue weighted by atomic mass is 16.5. The van der Waals surface area contributed by atoms with E-state index in [4.69, 9.17) is 9.84 Å². The zero-order valence-electron chi connectivity index (χ0n) is 12.1. The fourth-order valence-corrected chi connectivity index (χ4v) is 1.66. The van der Waals surface area contributed by atoms with E-state index in [1.54, 1.807) is 0 Å². The lowest BCUT2D eigenvalue weighted by Crippen LogP contribution is -2.41. The molecule has 0 saturated heterocycles. The van der Waals surface area contributed by atoms with Crippen molar-refractivity contribution in [3.05, 3.63) is 30.3 Å². The van der Waals surface area contributed by atoms with Gasteiger partial charge in [-0.3, -0.25) is 0 Å². The largest absolute Gasteiger partial charge is 0.489 e. The summed E-state index contributed by atoms with van der Waals surface area (Å²) in [5.41, 5.74) is 0. The molecule has 1 rings (SSSR count). The number of amides is 2. The Morgan fingerprint density at radius 2 is 1.85 bits per heavy atom. The first-order chi connectivity index (χ1) is 9.61. The summed E-state index contributed by atoms with van der Waals surface area (Å²) in [7, 11) is 0. The molecular formula is C15H24N2O3. The fourth-order valence-electron chi connectivity index (χ4n) is 1.66. The van der Waals surface area contributed by atoms with Gasteiger partial charge >= 0.3 is 6.03 Å². The molecule has 0 aliphatic heterocycles. The van der Waals surface area contributed by atoms with E-state index >= 15 is 0 Å². The molecule has 2 amide bonds. The highest BCUT2D eigenvalue weighted by Gasteiger charge is 2.08. The van der Waals surface area contributed by atoms with Crippen LogP contribution in [0.4, 0.5) is 4.79 Å². The van der Waals surface area contributed by atoms with Crippen molar-refractivity contribution in [2.24, 2.45) is 5.92 Å². The standard InChI is InChI=1S/C15H24N2O3/c1-12(8-9-18)10-16-15(19)17-11-13(2)20-14-6-4-3-5-7-14/h3-7,12-13,18H,8-11H2,1-2H3,(H2,16,17,19). The molecule has 0 fully saturated rings. The number of ether oxygens (including phenoxy) is 1. The summed E-state index contributed by atoms with van der Waals surface area (Å²) >= 11 is 0. The van der Waals surface area contributed by atoms with Crippen LogP contribution in [0.25, 0.3) is 0 Å². The molecule has 112 valence electrons. The molecule has 2 atom stereocenters. The molecule has 0 aliphatic rings. The zero-order valence-corrected chi connectivity index (χ0v) is 12.1. The number of hydrogen-bond acceptors (Lipinski definition) is 3. The second-order valence-corrected chi connectivity index (χ2v) is 4.95. The van der Waals surface area contributed by atoms with Gasteiger partial charge in [-0.1, -0.05) is 25.1 Å². The highest BCUT2D eigenvalue weighted by molar-refractivity contribution is 5.73. The fraction of sp³-hybridized carbons (Fsp3) is 0.533. The molecule has 0 bridgehead atoms. The average Bonchev–Trinajstić information content (AvgIpc) is 2.44. The lowest BCUT2D eigenvalue weighted by molar-refractivity contribution is 0.206. The van der Waals surface area contributed by atoms with Gasteiger partial charge in [0.15, 0.2) is 0 Å². The van der Waals surface area contributed by atoms with Crippen LogP contribution in [0.2, 0.25) is 0 Å². The number of aliphatic hydroxyl groups is 1. The van der Waals surface area contributed by atoms with Gasteiger partial charge in [-0.2, -0.15) is 0 Å². The van der Waals surface area contributed by atoms with Crippen molar-refractivity contribution in [2.45, 2.75) is 26.4 Å². The topological polar surface area (TPSA) is 70.6 Å². The van der Waals surface area contributed by atoms with Crippen LogP contribution in [-0.4, -0.2) is 36.9 Å². The summed E-state index contributed by atoms with van der Waals surface area (Å²) in [5.74, 6) is 1.06. The van der Waals surface area contributed by atoms with Crippen LogP contribution < -0.4 is 15.4 Å². The second kappa shape index (κ2) is 9.20. The van der Waals surface area contributed by atoms with Crippen molar-refractivity contribution < 1.29 is 14.6 Å². The molecule has 0 heterocycles. The number of hydrogen-bond donors (Lipinski definition) is 3. The monoisotopic (exact) mass is 280 g/mol. The number of nitrogens with one attached hydrogen (secondary N) is 2. The minimum Gasteiger partial charge on any atom is -0.489 e. The molecule has 0 spiro atoms. The molecule has 0 radical (unpaired) electrons. The van der Waals surface area contributed by atoms with Gasteiger partial charge in [0, 0.05) is 13.2 Å². The number of carbonyl (C=O) groups excluding carboxylic acids is 1. The summed E-state index contributed by atoms with van der Waals surface area (Å²) < 4.78 is 5.65. The third kappa shape index (κ3) is 6.99. The van der Waals surface area contributed by atoms with Crippen molar-refractivity contribution in [1.82, 2.24) is 10.6 Å². The maximum Gasteiger partial charge on any atom is 0.314 e. The van der Waals surface area contributed by atoms with Gasteiger partial charge in [0.05, 0.1) is 6.54 Å². The number of urea groups is 1. The normalized spacial score (nSPS) is 13.3. The summed E-state index contributed by atoms with van der Waals surface area (Å²) in [6.07, 6.45) is 0.589. The van der Waals surface area contributed by atoms with E-state index in [-0.39, 0.29) is 24.7 Å². The summed E-state index contributed by atoms with van der Waals surface area (Å²) in [6, 6.07) is 9.30. The number of rotatable bonds is 8. The smallest absolute Gasteiger partial charge is 0.314 e. The molecule has 0 aromatic heterocycles. The Morgan fingerprint density at radius 3 is 2.50 bits per heavy atom. The minimum absolute atomic E-state index is 0.0991. The molecule has 5 nitrogen and oxygen atoms in total. The Bertz CT molecular complexity index is 384. The molecule has 5 heteroatoms. The van der Waals surface area contributed by atoms with E-state index in [2.05, 4.69) is 10.6 Å². The zero-order chi connectivity index (χ0) is 14.8. The molecule has 2 unspecified atom stereocenters. The predicted octanol–water partition coefficient (Wildman–Crippen LogP) is 1.77. The Labute approximate surface area is 120 Å². The van der Waals surface area contributed by atoms with Crippen LogP contribution in [0.3, 0.4) is 0 Å². The average molecular weight is 280 g/mol. The number of carbonyl (C=O) groups is 1. The van der Waals surface area contributed by atoms with E-state index < -0.39 is 0 Å². The lowest BCUT2D eigenvalue weighted by Gasteiger charge is -2.16. The molecule has 3 N–H and O–H groups in total. The van der Waals surface area contributed by atoms with E-state index in [0.717, 1.165) is 5.75 Å². The van der Waals surface area contributed by atoms with Crippen molar-refractivity contribution >= 4 is 6.03 Å². The highest BCUT2D eigenvalue weighted by Crippen LogP contribution is 2.10. The van der Waals surface area contributed by atoms with Gasteiger partial charge in [0.25, 0.3) is 0 Å². The summed E-state index contributed by atoms with van der Waals surface area (Å²) in [6.45, 7) is 5.03. The number of para-hydroxylation sites is 1. The minimum atomic E-state index is -0.210. The van der Waals surface area contributed by atoms with Crippen LogP contribution >= 0.6 is 0 Å². The lowest BCUT2D eigenvalue weighted by atomic mass is 10.1. The maximum absolute atomic E-state index is 11.6. The van der Waals surface area contributed by atoms with Crippen LogP contribution in [0.1, 0.15) is 20.3 Å². The van der Waals surface area contributed by atoms with E-state index in [1.165, 1.54) is 0 Å². The second-order valence-electron chi connectivity index (χ2n) is 4.95. The van der Waals surface area contributed by atoms with E-state index in [9.17, 15) is 4.79 Å². The van der Waals surface area contributed by atoms with Crippen molar-refractivity contribution in [3.63, 3.8) is 0 Å². The SMILES string of the molecule is CC(CCO)CNC(=O)NCC(C)Oc1ccccc1. The van der Waals surface area contributed by atoms with Gasteiger partial charge in [-0.15, -0.1) is 0 Å². The third-order valence-electron chi connectivity index (χ3n) is 2.86. The van der Waals surface area contributed by atoms with E-state index in [1.807, 2.05) is 44.2 Å². The van der Waals surface area contributed by atoms with Gasteiger partial charge in [0.2, 0.25) is 0 Å². The quantitative estimate of drug-likeness (QED) is 0.679. The summed E-state index contributed by atoms with van der Waals surface area (Å²) in [4.78, 5) is 11.6. The Kier molecular flexibility index (Phi) is 7.50. The molecular weight excluding hydrogens is 256 g/mol. The van der Waals surface area contributed by atoms with Crippen LogP contribution in [0.15, 0.2) is 30.3 Å². The van der Waals surface area contributed by atoms with Crippen LogP contribution in [-0.2, 0) is 0 Å². The van der Waals surface area contributed by atoms with Crippen molar-refractivity contribution in [2.75, 3.05) is 19.7 Å². The molecule has 0 aliphatic carbocycles. The number of aliphatic hydroxyl groups excluding tert-OH is 1. The number of benzene rings is 1. The first kappa shape index (κ1) is 16.3. The molecule has 20 heavy (non-hydrogen) atoms. The molecule has 1 aromatic rings. The molecule has 1 aromatic carbocycles. The van der Waals surface area contributed by atoms with Crippen molar-refractivity contribution in [1.29, 1.82) is 0 Å². The Hall–Kier alpha value is -1.75. The van der Waals surface area contributed by atoms with Gasteiger partial charge in [0.1, 0.15) is 11.9 Å². The van der Waals surface area contributed by atoms with Crippen molar-refractivity contribution in [3.8, 4) is 5.75 Å². The molecule has 0 saturated carbocycles. The first-order valence-electron chi connectivity index (χ1n) is 6.96. The van der Waals surface area contributed by atoms with Crippen LogP contribution in [0, 0.1) is 5.92 Å². The Balaban J connectivity index is 2.17. The Morgan fingerprint density at radius 1 is 1.20 bits per heavy atom. The van der Waals surface area contributed by atoms with Gasteiger partial charge in [-0.25, -0.2) is 4.79 Å². The third-order valence-corrected chi connectivity index (χ3v) is 2.86. The first-order valence-corrected chi connectivity index (χ1v) is 6.96. The maximum atomic E-state index is 11.6. The van der Waals surface area contributed by atoms with Crippen LogP contribution in [0.5, 0.6) is 5.75 Å². The van der Waals surface area contributed by atoms with E-state index in [0.29, 0.717) is 19.5 Å².